The molecule has 0 radical (unpaired) electrons. The van der Waals surface area contributed by atoms with E-state index in [-0.39, 0.29) is 11.7 Å². The molecule has 0 spiro atoms. The van der Waals surface area contributed by atoms with Crippen molar-refractivity contribution in [1.82, 2.24) is 4.57 Å². The second kappa shape index (κ2) is 6.55. The van der Waals surface area contributed by atoms with E-state index in [2.05, 4.69) is 9.88 Å². The standard InChI is InChI=1S/C18H23N3O3S/c1-4-20-13(2)12-17(14(20)3)18(22)19-15-6-8-16(9-7-15)21-10-5-11-25(21,23)24/h6-9,12H,4-5,10-11H2,1-3H3,(H,19,22). The lowest BCUT2D eigenvalue weighted by Crippen LogP contribution is -2.25. The minimum Gasteiger partial charge on any atom is -0.349 e. The van der Waals surface area contributed by atoms with E-state index >= 15 is 0 Å². The van der Waals surface area contributed by atoms with Crippen molar-refractivity contribution in [2.24, 2.45) is 0 Å². The minimum atomic E-state index is -3.19. The molecule has 25 heavy (non-hydrogen) atoms. The molecular weight excluding hydrogens is 338 g/mol. The van der Waals surface area contributed by atoms with Crippen LogP contribution in [0.2, 0.25) is 0 Å². The highest BCUT2D eigenvalue weighted by Crippen LogP contribution is 2.25. The number of amides is 1. The Hall–Kier alpha value is -2.28. The van der Waals surface area contributed by atoms with E-state index in [1.807, 2.05) is 26.8 Å². The molecule has 2 heterocycles. The summed E-state index contributed by atoms with van der Waals surface area (Å²) in [5.74, 6) is 0.0350. The van der Waals surface area contributed by atoms with E-state index in [1.165, 1.54) is 4.31 Å². The van der Waals surface area contributed by atoms with Crippen molar-refractivity contribution < 1.29 is 13.2 Å². The number of carbonyl (C=O) groups is 1. The molecule has 1 aromatic carbocycles. The first-order chi connectivity index (χ1) is 11.8. The maximum absolute atomic E-state index is 12.5. The SMILES string of the molecule is CCn1c(C)cc(C(=O)Nc2ccc(N3CCCS3(=O)=O)cc2)c1C. The van der Waals surface area contributed by atoms with Crippen LogP contribution in [0.4, 0.5) is 11.4 Å². The molecule has 1 aliphatic heterocycles. The molecule has 3 rings (SSSR count). The van der Waals surface area contributed by atoms with Crippen molar-refractivity contribution in [3.05, 3.63) is 47.3 Å². The highest BCUT2D eigenvalue weighted by molar-refractivity contribution is 7.93. The summed E-state index contributed by atoms with van der Waals surface area (Å²) < 4.78 is 27.4. The monoisotopic (exact) mass is 361 g/mol. The predicted molar refractivity (Wildman–Crippen MR) is 99.7 cm³/mol. The lowest BCUT2D eigenvalue weighted by atomic mass is 10.2. The number of aromatic nitrogens is 1. The van der Waals surface area contributed by atoms with Crippen LogP contribution in [-0.2, 0) is 16.6 Å². The Bertz CT molecular complexity index is 898. The fourth-order valence-electron chi connectivity index (χ4n) is 3.36. The summed E-state index contributed by atoms with van der Waals surface area (Å²) in [6, 6.07) is 8.82. The normalized spacial score (nSPS) is 16.2. The second-order valence-corrected chi connectivity index (χ2v) is 8.28. The van der Waals surface area contributed by atoms with Crippen molar-refractivity contribution in [2.75, 3.05) is 21.9 Å². The summed E-state index contributed by atoms with van der Waals surface area (Å²) in [5, 5.41) is 2.88. The first kappa shape index (κ1) is 17.5. The molecule has 0 atom stereocenters. The summed E-state index contributed by atoms with van der Waals surface area (Å²) >= 11 is 0. The van der Waals surface area contributed by atoms with Crippen LogP contribution in [0.3, 0.4) is 0 Å². The number of aryl methyl sites for hydroxylation is 1. The van der Waals surface area contributed by atoms with E-state index in [9.17, 15) is 13.2 Å². The Kier molecular flexibility index (Phi) is 4.60. The largest absolute Gasteiger partial charge is 0.349 e. The number of hydrogen-bond acceptors (Lipinski definition) is 3. The van der Waals surface area contributed by atoms with Gasteiger partial charge in [-0.3, -0.25) is 9.10 Å². The van der Waals surface area contributed by atoms with Gasteiger partial charge < -0.3 is 9.88 Å². The number of anilines is 2. The number of benzene rings is 1. The zero-order chi connectivity index (χ0) is 18.2. The topological polar surface area (TPSA) is 71.4 Å². The van der Waals surface area contributed by atoms with Gasteiger partial charge in [-0.25, -0.2) is 8.42 Å². The van der Waals surface area contributed by atoms with Crippen LogP contribution in [0.15, 0.2) is 30.3 Å². The Morgan fingerprint density at radius 2 is 1.88 bits per heavy atom. The molecule has 1 saturated heterocycles. The first-order valence-electron chi connectivity index (χ1n) is 8.42. The average molecular weight is 361 g/mol. The number of nitrogens with zero attached hydrogens (tertiary/aromatic N) is 2. The van der Waals surface area contributed by atoms with Gasteiger partial charge in [0, 0.05) is 30.2 Å². The Morgan fingerprint density at radius 3 is 2.40 bits per heavy atom. The summed E-state index contributed by atoms with van der Waals surface area (Å²) in [6.07, 6.45) is 0.647. The number of rotatable bonds is 4. The molecule has 1 amide bonds. The molecule has 6 nitrogen and oxygen atoms in total. The second-order valence-electron chi connectivity index (χ2n) is 6.27. The van der Waals surface area contributed by atoms with E-state index in [0.717, 1.165) is 17.9 Å². The number of sulfonamides is 1. The fourth-order valence-corrected chi connectivity index (χ4v) is 4.92. The molecule has 7 heteroatoms. The zero-order valence-electron chi connectivity index (χ0n) is 14.7. The van der Waals surface area contributed by atoms with E-state index < -0.39 is 10.0 Å². The van der Waals surface area contributed by atoms with Crippen molar-refractivity contribution in [2.45, 2.75) is 33.7 Å². The third kappa shape index (κ3) is 3.28. The van der Waals surface area contributed by atoms with Crippen LogP contribution in [0.25, 0.3) is 0 Å². The fraction of sp³-hybridized carbons (Fsp3) is 0.389. The van der Waals surface area contributed by atoms with Gasteiger partial charge in [0.2, 0.25) is 10.0 Å². The minimum absolute atomic E-state index is 0.158. The third-order valence-electron chi connectivity index (χ3n) is 4.65. The average Bonchev–Trinajstić information content (AvgIpc) is 3.06. The van der Waals surface area contributed by atoms with Gasteiger partial charge in [0.25, 0.3) is 5.91 Å². The Morgan fingerprint density at radius 1 is 1.20 bits per heavy atom. The van der Waals surface area contributed by atoms with Gasteiger partial charge in [-0.15, -0.1) is 0 Å². The van der Waals surface area contributed by atoms with Gasteiger partial charge >= 0.3 is 0 Å². The molecule has 134 valence electrons. The van der Waals surface area contributed by atoms with Gasteiger partial charge in [0.05, 0.1) is 17.0 Å². The molecule has 1 N–H and O–H groups in total. The summed E-state index contributed by atoms with van der Waals surface area (Å²) in [7, 11) is -3.19. The highest BCUT2D eigenvalue weighted by atomic mass is 32.2. The summed E-state index contributed by atoms with van der Waals surface area (Å²) in [4.78, 5) is 12.5. The summed E-state index contributed by atoms with van der Waals surface area (Å²) in [6.45, 7) is 7.30. The van der Waals surface area contributed by atoms with Crippen LogP contribution >= 0.6 is 0 Å². The van der Waals surface area contributed by atoms with Crippen LogP contribution in [0.5, 0.6) is 0 Å². The Labute approximate surface area is 148 Å². The van der Waals surface area contributed by atoms with Crippen molar-refractivity contribution in [3.63, 3.8) is 0 Å². The van der Waals surface area contributed by atoms with Crippen LogP contribution in [-0.4, -0.2) is 31.2 Å². The quantitative estimate of drug-likeness (QED) is 0.910. The third-order valence-corrected chi connectivity index (χ3v) is 6.52. The lowest BCUT2D eigenvalue weighted by Gasteiger charge is -2.17. The van der Waals surface area contributed by atoms with Crippen molar-refractivity contribution in [3.8, 4) is 0 Å². The maximum atomic E-state index is 12.5. The van der Waals surface area contributed by atoms with E-state index in [4.69, 9.17) is 0 Å². The molecule has 1 aromatic heterocycles. The maximum Gasteiger partial charge on any atom is 0.257 e. The summed E-state index contributed by atoms with van der Waals surface area (Å²) in [5.41, 5.74) is 3.94. The molecule has 0 aliphatic carbocycles. The lowest BCUT2D eigenvalue weighted by molar-refractivity contribution is 0.102. The van der Waals surface area contributed by atoms with Crippen LogP contribution in [0, 0.1) is 13.8 Å². The van der Waals surface area contributed by atoms with Crippen molar-refractivity contribution in [1.29, 1.82) is 0 Å². The molecule has 0 saturated carbocycles. The number of nitrogens with one attached hydrogen (secondary N) is 1. The van der Waals surface area contributed by atoms with Gasteiger partial charge in [0.15, 0.2) is 0 Å². The predicted octanol–water partition coefficient (Wildman–Crippen LogP) is 2.92. The van der Waals surface area contributed by atoms with Gasteiger partial charge in [-0.2, -0.15) is 0 Å². The highest BCUT2D eigenvalue weighted by Gasteiger charge is 2.28. The van der Waals surface area contributed by atoms with E-state index in [0.29, 0.717) is 29.9 Å². The van der Waals surface area contributed by atoms with Crippen LogP contribution in [0.1, 0.15) is 35.1 Å². The first-order valence-corrected chi connectivity index (χ1v) is 10.0. The smallest absolute Gasteiger partial charge is 0.257 e. The van der Waals surface area contributed by atoms with Crippen LogP contribution < -0.4 is 9.62 Å². The van der Waals surface area contributed by atoms with Gasteiger partial charge in [-0.05, 0) is 57.5 Å². The molecule has 0 bridgehead atoms. The molecule has 2 aromatic rings. The number of carbonyl (C=O) groups excluding carboxylic acids is 1. The zero-order valence-corrected chi connectivity index (χ0v) is 15.6. The van der Waals surface area contributed by atoms with Crippen molar-refractivity contribution >= 4 is 27.3 Å². The molecule has 0 unspecified atom stereocenters. The van der Waals surface area contributed by atoms with Gasteiger partial charge in [0.1, 0.15) is 0 Å². The van der Waals surface area contributed by atoms with E-state index in [1.54, 1.807) is 24.3 Å². The number of hydrogen-bond donors (Lipinski definition) is 1. The molecule has 1 fully saturated rings. The van der Waals surface area contributed by atoms with Gasteiger partial charge in [-0.1, -0.05) is 0 Å². The Balaban J connectivity index is 1.77. The molecule has 1 aliphatic rings. The molecular formula is C18H23N3O3S.